The molecule has 1 aliphatic rings. The quantitative estimate of drug-likeness (QED) is 0.362. The molecule has 0 aliphatic heterocycles. The molecule has 1 aromatic heterocycles. The molecule has 2 N–H and O–H groups in total. The van der Waals surface area contributed by atoms with Crippen molar-refractivity contribution in [2.75, 3.05) is 5.32 Å². The molecule has 10 heteroatoms. The maximum Gasteiger partial charge on any atom is 0.417 e. The van der Waals surface area contributed by atoms with Gasteiger partial charge in [-0.05, 0) is 63.2 Å². The Labute approximate surface area is 188 Å². The van der Waals surface area contributed by atoms with Crippen molar-refractivity contribution in [3.63, 3.8) is 0 Å². The molecule has 3 rings (SSSR count). The van der Waals surface area contributed by atoms with Gasteiger partial charge in [0, 0.05) is 30.0 Å². The Morgan fingerprint density at radius 2 is 1.94 bits per heavy atom. The van der Waals surface area contributed by atoms with Gasteiger partial charge in [0.15, 0.2) is 5.84 Å². The Bertz CT molecular complexity index is 1060. The summed E-state index contributed by atoms with van der Waals surface area (Å²) in [5.74, 6) is -0.653. The summed E-state index contributed by atoms with van der Waals surface area (Å²) in [4.78, 5) is 24.8. The summed E-state index contributed by atoms with van der Waals surface area (Å²) in [6, 6.07) is 5.36. The molecule has 174 valence electrons. The number of halogens is 4. The van der Waals surface area contributed by atoms with Crippen LogP contribution in [-0.4, -0.2) is 35.5 Å². The smallest absolute Gasteiger partial charge is 0.365 e. The highest BCUT2D eigenvalue weighted by molar-refractivity contribution is 6.11. The third-order valence-electron chi connectivity index (χ3n) is 5.22. The molecule has 1 aromatic carbocycles. The molecule has 1 fully saturated rings. The molecule has 1 heterocycles. The number of benzene rings is 1. The van der Waals surface area contributed by atoms with E-state index in [4.69, 9.17) is 0 Å². The minimum Gasteiger partial charge on any atom is -0.365 e. The fourth-order valence-electron chi connectivity index (χ4n) is 3.63. The zero-order chi connectivity index (χ0) is 24.0. The molecule has 1 saturated carbocycles. The standard InChI is InChI=1S/C23H23F4N5O/c1-3-11-29-21(28-2)16-9-8-15(24)12-17(16)22(33)32-19-6-4-5-18(19)31-20-10-7-14(13-30-20)23(25,26)27/h3,7-13,18-19H,2,4-6H2,1H3,(H,30,31)(H,32,33)/b11-3-,29-21-/t18-,19+/m0/s1. The predicted molar refractivity (Wildman–Crippen MR) is 119 cm³/mol. The van der Waals surface area contributed by atoms with E-state index in [-0.39, 0.29) is 29.3 Å². The molecule has 1 amide bonds. The average molecular weight is 461 g/mol. The summed E-state index contributed by atoms with van der Waals surface area (Å²) < 4.78 is 52.2. The van der Waals surface area contributed by atoms with Crippen molar-refractivity contribution in [1.29, 1.82) is 0 Å². The number of rotatable bonds is 6. The van der Waals surface area contributed by atoms with Crippen molar-refractivity contribution >= 4 is 24.3 Å². The number of aromatic nitrogens is 1. The number of carbonyl (C=O) groups excluding carboxylic acids is 1. The largest absolute Gasteiger partial charge is 0.417 e. The molecule has 0 spiro atoms. The zero-order valence-corrected chi connectivity index (χ0v) is 17.9. The van der Waals surface area contributed by atoms with E-state index in [1.807, 2.05) is 0 Å². The SMILES string of the molecule is C=N/C(=N\C=C/C)c1ccc(F)cc1C(=O)N[C@@H]1CCC[C@@H]1Nc1ccc(C(F)(F)F)cn1. The van der Waals surface area contributed by atoms with Crippen molar-refractivity contribution in [2.45, 2.75) is 44.4 Å². The monoisotopic (exact) mass is 461 g/mol. The molecule has 2 aromatic rings. The summed E-state index contributed by atoms with van der Waals surface area (Å²) in [5, 5.41) is 5.98. The van der Waals surface area contributed by atoms with Gasteiger partial charge in [-0.1, -0.05) is 6.08 Å². The Morgan fingerprint density at radius 3 is 2.58 bits per heavy atom. The first kappa shape index (κ1) is 24.1. The molecule has 6 nitrogen and oxygen atoms in total. The van der Waals surface area contributed by atoms with E-state index in [1.54, 1.807) is 13.0 Å². The van der Waals surface area contributed by atoms with Crippen LogP contribution in [0.3, 0.4) is 0 Å². The molecular weight excluding hydrogens is 438 g/mol. The second kappa shape index (κ2) is 10.4. The average Bonchev–Trinajstić information content (AvgIpc) is 3.21. The fraction of sp³-hybridized carbons (Fsp3) is 0.304. The first-order chi connectivity index (χ1) is 15.7. The van der Waals surface area contributed by atoms with Gasteiger partial charge in [0.2, 0.25) is 0 Å². The topological polar surface area (TPSA) is 78.7 Å². The molecule has 0 radical (unpaired) electrons. The van der Waals surface area contributed by atoms with Gasteiger partial charge in [-0.2, -0.15) is 13.2 Å². The molecule has 0 unspecified atom stereocenters. The molecule has 2 atom stereocenters. The van der Waals surface area contributed by atoms with E-state index in [2.05, 4.69) is 32.3 Å². The zero-order valence-electron chi connectivity index (χ0n) is 17.9. The molecular formula is C23H23F4N5O. The van der Waals surface area contributed by atoms with Gasteiger partial charge in [0.05, 0.1) is 11.1 Å². The van der Waals surface area contributed by atoms with Crippen molar-refractivity contribution < 1.29 is 22.4 Å². The summed E-state index contributed by atoms with van der Waals surface area (Å²) in [5.41, 5.74) is -0.452. The lowest BCUT2D eigenvalue weighted by Gasteiger charge is -2.23. The number of hydrogen-bond acceptors (Lipinski definition) is 4. The number of amides is 1. The highest BCUT2D eigenvalue weighted by atomic mass is 19.4. The number of pyridine rings is 1. The molecule has 1 aliphatic carbocycles. The van der Waals surface area contributed by atoms with Crippen molar-refractivity contribution in [1.82, 2.24) is 10.3 Å². The van der Waals surface area contributed by atoms with Crippen LogP contribution in [0.1, 0.15) is 47.7 Å². The van der Waals surface area contributed by atoms with E-state index in [0.29, 0.717) is 18.4 Å². The van der Waals surface area contributed by atoms with E-state index in [0.717, 1.165) is 24.8 Å². The van der Waals surface area contributed by atoms with Crippen LogP contribution >= 0.6 is 0 Å². The number of nitrogens with one attached hydrogen (secondary N) is 2. The summed E-state index contributed by atoms with van der Waals surface area (Å²) in [7, 11) is 0. The Kier molecular flexibility index (Phi) is 7.57. The maximum absolute atomic E-state index is 13.9. The van der Waals surface area contributed by atoms with Gasteiger partial charge in [-0.3, -0.25) is 4.79 Å². The lowest BCUT2D eigenvalue weighted by Crippen LogP contribution is -2.43. The maximum atomic E-state index is 13.9. The normalized spacial score (nSPS) is 19.0. The van der Waals surface area contributed by atoms with Crippen molar-refractivity contribution in [3.05, 3.63) is 71.3 Å². The van der Waals surface area contributed by atoms with Gasteiger partial charge in [0.1, 0.15) is 11.6 Å². The summed E-state index contributed by atoms with van der Waals surface area (Å²) in [6.45, 7) is 5.23. The number of amidine groups is 1. The third kappa shape index (κ3) is 6.03. The van der Waals surface area contributed by atoms with Crippen LogP contribution in [0, 0.1) is 5.82 Å². The first-order valence-electron chi connectivity index (χ1n) is 10.3. The highest BCUT2D eigenvalue weighted by Gasteiger charge is 2.32. The van der Waals surface area contributed by atoms with Crippen LogP contribution < -0.4 is 10.6 Å². The van der Waals surface area contributed by atoms with Crippen LogP contribution in [0.4, 0.5) is 23.4 Å². The highest BCUT2D eigenvalue weighted by Crippen LogP contribution is 2.29. The number of alkyl halides is 3. The Balaban J connectivity index is 1.77. The Morgan fingerprint density at radius 1 is 1.18 bits per heavy atom. The molecule has 33 heavy (non-hydrogen) atoms. The van der Waals surface area contributed by atoms with Crippen LogP contribution in [0.5, 0.6) is 0 Å². The minimum absolute atomic E-state index is 0.0592. The van der Waals surface area contributed by atoms with E-state index >= 15 is 0 Å². The fourth-order valence-corrected chi connectivity index (χ4v) is 3.63. The van der Waals surface area contributed by atoms with Gasteiger partial charge in [0.25, 0.3) is 5.91 Å². The van der Waals surface area contributed by atoms with Crippen LogP contribution in [-0.2, 0) is 6.18 Å². The molecule has 0 bridgehead atoms. The number of anilines is 1. The lowest BCUT2D eigenvalue weighted by molar-refractivity contribution is -0.137. The Hall–Kier alpha value is -3.56. The second-order valence-electron chi connectivity index (χ2n) is 7.47. The van der Waals surface area contributed by atoms with Crippen LogP contribution in [0.15, 0.2) is 58.8 Å². The van der Waals surface area contributed by atoms with E-state index < -0.39 is 23.5 Å². The van der Waals surface area contributed by atoms with Gasteiger partial charge >= 0.3 is 6.18 Å². The first-order valence-corrected chi connectivity index (χ1v) is 10.3. The van der Waals surface area contributed by atoms with E-state index in [9.17, 15) is 22.4 Å². The van der Waals surface area contributed by atoms with E-state index in [1.165, 1.54) is 24.4 Å². The van der Waals surface area contributed by atoms with Crippen molar-refractivity contribution in [2.24, 2.45) is 9.98 Å². The summed E-state index contributed by atoms with van der Waals surface area (Å²) in [6.07, 6.45) is 1.59. The predicted octanol–water partition coefficient (Wildman–Crippen LogP) is 4.98. The van der Waals surface area contributed by atoms with Gasteiger partial charge < -0.3 is 10.6 Å². The number of allylic oxidation sites excluding steroid dienone is 1. The summed E-state index contributed by atoms with van der Waals surface area (Å²) >= 11 is 0. The molecule has 0 saturated heterocycles. The number of aliphatic imine (C=N–C) groups is 2. The number of carbonyl (C=O) groups is 1. The van der Waals surface area contributed by atoms with Gasteiger partial charge in [-0.15, -0.1) is 0 Å². The lowest BCUT2D eigenvalue weighted by atomic mass is 10.0. The van der Waals surface area contributed by atoms with Crippen LogP contribution in [0.2, 0.25) is 0 Å². The van der Waals surface area contributed by atoms with Gasteiger partial charge in [-0.25, -0.2) is 19.4 Å². The van der Waals surface area contributed by atoms with Crippen molar-refractivity contribution in [3.8, 4) is 0 Å². The number of hydrogen-bond donors (Lipinski definition) is 2. The third-order valence-corrected chi connectivity index (χ3v) is 5.22. The minimum atomic E-state index is -4.46. The van der Waals surface area contributed by atoms with Crippen LogP contribution in [0.25, 0.3) is 0 Å². The number of nitrogens with zero attached hydrogens (tertiary/aromatic N) is 3. The second-order valence-corrected chi connectivity index (χ2v) is 7.47.